The summed E-state index contributed by atoms with van der Waals surface area (Å²) in [6.45, 7) is 0.849. The van der Waals surface area contributed by atoms with Gasteiger partial charge >= 0.3 is 5.97 Å². The number of hydrogen-bond acceptors (Lipinski definition) is 3. The molecule has 4 atom stereocenters. The molecule has 2 aliphatic carbocycles. The van der Waals surface area contributed by atoms with Crippen LogP contribution in [-0.4, -0.2) is 28.6 Å². The first-order chi connectivity index (χ1) is 9.25. The molecule has 3 rings (SSSR count). The van der Waals surface area contributed by atoms with Crippen molar-refractivity contribution < 1.29 is 9.90 Å². The lowest BCUT2D eigenvalue weighted by Crippen LogP contribution is -2.44. The van der Waals surface area contributed by atoms with Gasteiger partial charge in [0.25, 0.3) is 0 Å². The van der Waals surface area contributed by atoms with Gasteiger partial charge in [-0.1, -0.05) is 0 Å². The third-order valence-corrected chi connectivity index (χ3v) is 4.74. The Morgan fingerprint density at radius 1 is 1.32 bits per heavy atom. The highest BCUT2D eigenvalue weighted by atomic mass is 16.4. The zero-order chi connectivity index (χ0) is 13.2. The maximum atomic E-state index is 11.4. The number of aliphatic carboxylic acids is 1. The maximum Gasteiger partial charge on any atom is 0.308 e. The minimum absolute atomic E-state index is 0.170. The summed E-state index contributed by atoms with van der Waals surface area (Å²) in [4.78, 5) is 15.4. The van der Waals surface area contributed by atoms with Crippen molar-refractivity contribution in [2.75, 3.05) is 6.54 Å². The summed E-state index contributed by atoms with van der Waals surface area (Å²) < 4.78 is 0. The molecule has 4 unspecified atom stereocenters. The lowest BCUT2D eigenvalue weighted by molar-refractivity contribution is -0.144. The Morgan fingerprint density at radius 3 is 2.79 bits per heavy atom. The molecule has 102 valence electrons. The van der Waals surface area contributed by atoms with Gasteiger partial charge in [0.2, 0.25) is 0 Å². The minimum atomic E-state index is -0.617. The van der Waals surface area contributed by atoms with Crippen molar-refractivity contribution in [1.29, 1.82) is 0 Å². The number of pyridine rings is 1. The number of fused-ring (bicyclic) bond motifs is 2. The zero-order valence-corrected chi connectivity index (χ0v) is 11.0. The molecule has 19 heavy (non-hydrogen) atoms. The van der Waals surface area contributed by atoms with E-state index in [1.807, 2.05) is 12.1 Å². The van der Waals surface area contributed by atoms with Gasteiger partial charge in [0, 0.05) is 18.4 Å². The van der Waals surface area contributed by atoms with Gasteiger partial charge in [-0.2, -0.15) is 0 Å². The van der Waals surface area contributed by atoms with E-state index in [0.717, 1.165) is 25.8 Å². The summed E-state index contributed by atoms with van der Waals surface area (Å²) in [6, 6.07) is 4.20. The first-order valence-electron chi connectivity index (χ1n) is 7.11. The summed E-state index contributed by atoms with van der Waals surface area (Å²) in [5, 5.41) is 12.9. The van der Waals surface area contributed by atoms with Crippen LogP contribution in [0.4, 0.5) is 0 Å². The molecular weight excluding hydrogens is 240 g/mol. The molecule has 0 saturated heterocycles. The van der Waals surface area contributed by atoms with Gasteiger partial charge in [0.15, 0.2) is 0 Å². The number of rotatable bonds is 5. The third-order valence-electron chi connectivity index (χ3n) is 4.74. The standard InChI is InChI=1S/C15H20N2O2/c18-15(19)13-11-1-2-12(9-11)14(13)17-8-5-10-3-6-16-7-4-10/h3-4,6-7,11-14,17H,1-2,5,8-9H2,(H,18,19). The molecule has 0 radical (unpaired) electrons. The van der Waals surface area contributed by atoms with Crippen LogP contribution < -0.4 is 5.32 Å². The molecule has 2 fully saturated rings. The van der Waals surface area contributed by atoms with E-state index in [2.05, 4.69) is 10.3 Å². The maximum absolute atomic E-state index is 11.4. The average molecular weight is 260 g/mol. The Balaban J connectivity index is 1.56. The van der Waals surface area contributed by atoms with E-state index in [1.165, 1.54) is 12.0 Å². The van der Waals surface area contributed by atoms with Gasteiger partial charge in [0.05, 0.1) is 5.92 Å². The Kier molecular flexibility index (Phi) is 3.51. The van der Waals surface area contributed by atoms with Gasteiger partial charge in [-0.05, 0) is 61.8 Å². The lowest BCUT2D eigenvalue weighted by Gasteiger charge is -2.29. The van der Waals surface area contributed by atoms with Crippen molar-refractivity contribution in [3.63, 3.8) is 0 Å². The molecule has 0 aliphatic heterocycles. The third kappa shape index (κ3) is 2.50. The predicted molar refractivity (Wildman–Crippen MR) is 71.7 cm³/mol. The molecule has 1 aromatic rings. The van der Waals surface area contributed by atoms with Gasteiger partial charge in [0.1, 0.15) is 0 Å². The van der Waals surface area contributed by atoms with Crippen LogP contribution in [0.25, 0.3) is 0 Å². The van der Waals surface area contributed by atoms with E-state index >= 15 is 0 Å². The summed E-state index contributed by atoms with van der Waals surface area (Å²) in [5.41, 5.74) is 1.25. The van der Waals surface area contributed by atoms with Gasteiger partial charge in [-0.3, -0.25) is 9.78 Å². The fourth-order valence-corrected chi connectivity index (χ4v) is 3.87. The number of aromatic nitrogens is 1. The summed E-state index contributed by atoms with van der Waals surface area (Å²) in [6.07, 6.45) is 7.93. The van der Waals surface area contributed by atoms with E-state index in [-0.39, 0.29) is 12.0 Å². The Morgan fingerprint density at radius 2 is 2.05 bits per heavy atom. The largest absolute Gasteiger partial charge is 0.481 e. The van der Waals surface area contributed by atoms with E-state index in [4.69, 9.17) is 0 Å². The van der Waals surface area contributed by atoms with Crippen LogP contribution >= 0.6 is 0 Å². The predicted octanol–water partition coefficient (Wildman–Crippen LogP) is 1.71. The molecule has 2 saturated carbocycles. The molecule has 0 aromatic carbocycles. The average Bonchev–Trinajstić information content (AvgIpc) is 3.00. The van der Waals surface area contributed by atoms with Crippen LogP contribution in [0.15, 0.2) is 24.5 Å². The second-order valence-electron chi connectivity index (χ2n) is 5.78. The first-order valence-corrected chi connectivity index (χ1v) is 7.11. The zero-order valence-electron chi connectivity index (χ0n) is 11.0. The van der Waals surface area contributed by atoms with E-state index in [9.17, 15) is 9.90 Å². The van der Waals surface area contributed by atoms with Crippen LogP contribution in [0.5, 0.6) is 0 Å². The Bertz CT molecular complexity index is 449. The van der Waals surface area contributed by atoms with E-state index < -0.39 is 5.97 Å². The highest BCUT2D eigenvalue weighted by Gasteiger charge is 2.50. The van der Waals surface area contributed by atoms with Crippen molar-refractivity contribution >= 4 is 5.97 Å². The quantitative estimate of drug-likeness (QED) is 0.846. The smallest absolute Gasteiger partial charge is 0.308 e. The number of nitrogens with one attached hydrogen (secondary N) is 1. The van der Waals surface area contributed by atoms with Crippen molar-refractivity contribution in [1.82, 2.24) is 10.3 Å². The monoisotopic (exact) mass is 260 g/mol. The molecule has 4 nitrogen and oxygen atoms in total. The second kappa shape index (κ2) is 5.29. The van der Waals surface area contributed by atoms with Crippen LogP contribution in [0.3, 0.4) is 0 Å². The fourth-order valence-electron chi connectivity index (χ4n) is 3.87. The lowest BCUT2D eigenvalue weighted by atomic mass is 9.84. The van der Waals surface area contributed by atoms with Crippen LogP contribution in [0, 0.1) is 17.8 Å². The summed E-state index contributed by atoms with van der Waals surface area (Å²) in [7, 11) is 0. The van der Waals surface area contributed by atoms with Crippen molar-refractivity contribution in [3.05, 3.63) is 30.1 Å². The molecule has 2 aliphatic rings. The SMILES string of the molecule is O=C(O)C1C2CCC(C2)C1NCCc1ccncc1. The molecule has 0 amide bonds. The van der Waals surface area contributed by atoms with Crippen LogP contribution in [0.1, 0.15) is 24.8 Å². The Labute approximate surface area is 113 Å². The molecule has 1 heterocycles. The van der Waals surface area contributed by atoms with Crippen LogP contribution in [0.2, 0.25) is 0 Å². The van der Waals surface area contributed by atoms with Crippen molar-refractivity contribution in [2.24, 2.45) is 17.8 Å². The van der Waals surface area contributed by atoms with E-state index in [1.54, 1.807) is 12.4 Å². The first kappa shape index (κ1) is 12.6. The summed E-state index contributed by atoms with van der Waals surface area (Å²) in [5.74, 6) is 0.189. The molecule has 2 bridgehead atoms. The normalized spacial score (nSPS) is 32.6. The Hall–Kier alpha value is -1.42. The fraction of sp³-hybridized carbons (Fsp3) is 0.600. The van der Waals surface area contributed by atoms with Crippen molar-refractivity contribution in [3.8, 4) is 0 Å². The summed E-state index contributed by atoms with van der Waals surface area (Å²) >= 11 is 0. The topological polar surface area (TPSA) is 62.2 Å². The molecule has 1 aromatic heterocycles. The van der Waals surface area contributed by atoms with E-state index in [0.29, 0.717) is 11.8 Å². The number of carbonyl (C=O) groups is 1. The number of carboxylic acids is 1. The number of nitrogens with zero attached hydrogens (tertiary/aromatic N) is 1. The molecular formula is C15H20N2O2. The molecule has 2 N–H and O–H groups in total. The highest BCUT2D eigenvalue weighted by Crippen LogP contribution is 2.48. The van der Waals surface area contributed by atoms with Gasteiger partial charge in [-0.25, -0.2) is 0 Å². The van der Waals surface area contributed by atoms with Crippen LogP contribution in [-0.2, 0) is 11.2 Å². The molecule has 0 spiro atoms. The number of carboxylic acid groups (broad SMARTS) is 1. The van der Waals surface area contributed by atoms with Gasteiger partial charge in [-0.15, -0.1) is 0 Å². The van der Waals surface area contributed by atoms with Crippen molar-refractivity contribution in [2.45, 2.75) is 31.7 Å². The molecule has 4 heteroatoms. The second-order valence-corrected chi connectivity index (χ2v) is 5.78. The highest BCUT2D eigenvalue weighted by molar-refractivity contribution is 5.72. The number of hydrogen-bond donors (Lipinski definition) is 2. The van der Waals surface area contributed by atoms with Gasteiger partial charge < -0.3 is 10.4 Å². The minimum Gasteiger partial charge on any atom is -0.481 e.